The van der Waals surface area contributed by atoms with Crippen molar-refractivity contribution in [2.75, 3.05) is 57.5 Å². The molecule has 4 aromatic rings. The summed E-state index contributed by atoms with van der Waals surface area (Å²) >= 11 is 0. The lowest BCUT2D eigenvalue weighted by Crippen LogP contribution is -2.36. The van der Waals surface area contributed by atoms with Crippen LogP contribution in [-0.4, -0.2) is 63.3 Å². The van der Waals surface area contributed by atoms with Gasteiger partial charge in [0.05, 0.1) is 45.9 Å². The summed E-state index contributed by atoms with van der Waals surface area (Å²) in [7, 11) is 3.26. The van der Waals surface area contributed by atoms with Crippen molar-refractivity contribution in [3.05, 3.63) is 71.9 Å². The zero-order valence-electron chi connectivity index (χ0n) is 21.1. The molecule has 2 N–H and O–H groups in total. The Balaban J connectivity index is 1.30. The molecule has 0 saturated carbocycles. The van der Waals surface area contributed by atoms with E-state index in [9.17, 15) is 0 Å². The lowest BCUT2D eigenvalue weighted by Gasteiger charge is -2.28. The summed E-state index contributed by atoms with van der Waals surface area (Å²) in [5, 5.41) is 5.60. The van der Waals surface area contributed by atoms with Gasteiger partial charge in [-0.25, -0.2) is 0 Å². The van der Waals surface area contributed by atoms with Crippen molar-refractivity contribution in [1.29, 1.82) is 0 Å². The van der Waals surface area contributed by atoms with E-state index in [2.05, 4.69) is 26.5 Å². The van der Waals surface area contributed by atoms with Crippen LogP contribution in [0.1, 0.15) is 11.1 Å². The summed E-state index contributed by atoms with van der Waals surface area (Å²) < 4.78 is 22.3. The monoisotopic (exact) mass is 501 g/mol. The van der Waals surface area contributed by atoms with Crippen molar-refractivity contribution in [1.82, 2.24) is 9.97 Å². The first-order valence-electron chi connectivity index (χ1n) is 12.3. The van der Waals surface area contributed by atoms with Gasteiger partial charge in [0.15, 0.2) is 11.5 Å². The summed E-state index contributed by atoms with van der Waals surface area (Å²) in [6.45, 7) is 3.37. The number of methoxy groups -OCH3 is 2. The number of hydrogen-bond donors (Lipinski definition) is 2. The molecule has 9 heteroatoms. The van der Waals surface area contributed by atoms with Crippen molar-refractivity contribution in [3.8, 4) is 17.4 Å². The zero-order valence-corrected chi connectivity index (χ0v) is 21.1. The van der Waals surface area contributed by atoms with Crippen molar-refractivity contribution in [2.24, 2.45) is 5.10 Å². The number of hydrogen-bond acceptors (Lipinski definition) is 8. The quantitative estimate of drug-likeness (QED) is 0.244. The van der Waals surface area contributed by atoms with Crippen molar-refractivity contribution >= 4 is 28.6 Å². The number of benzene rings is 2. The molecule has 0 unspecified atom stereocenters. The summed E-state index contributed by atoms with van der Waals surface area (Å²) in [6, 6.07) is 17.9. The Morgan fingerprint density at radius 2 is 1.89 bits per heavy atom. The molecule has 2 aromatic carbocycles. The average molecular weight is 502 g/mol. The summed E-state index contributed by atoms with van der Waals surface area (Å²) in [5.74, 6) is 2.77. The van der Waals surface area contributed by atoms with E-state index >= 15 is 0 Å². The fraction of sp³-hybridized carbons (Fsp3) is 0.286. The van der Waals surface area contributed by atoms with Gasteiger partial charge in [-0.05, 0) is 23.8 Å². The number of nitrogens with one attached hydrogen (secondary N) is 2. The second-order valence-corrected chi connectivity index (χ2v) is 8.60. The maximum atomic E-state index is 6.08. The number of anilines is 2. The summed E-state index contributed by atoms with van der Waals surface area (Å²) in [4.78, 5) is 10.2. The van der Waals surface area contributed by atoms with Crippen LogP contribution in [-0.2, 0) is 11.2 Å². The van der Waals surface area contributed by atoms with Crippen LogP contribution in [0.3, 0.4) is 0 Å². The maximum absolute atomic E-state index is 6.08. The van der Waals surface area contributed by atoms with E-state index in [1.54, 1.807) is 14.2 Å². The van der Waals surface area contributed by atoms with Crippen molar-refractivity contribution in [2.45, 2.75) is 6.42 Å². The second kappa shape index (κ2) is 11.7. The minimum absolute atomic E-state index is 0.465. The number of rotatable bonds is 10. The molecule has 3 heterocycles. The number of nitrogens with zero attached hydrogens (tertiary/aromatic N) is 3. The SMILES string of the molecule is COc1ccc(CCOc2cc(NN=Cc3c[nH]c4ccccc34)cc(N3CCOCC3)n2)cc1OC. The normalized spacial score (nSPS) is 13.7. The minimum atomic E-state index is 0.465. The first kappa shape index (κ1) is 24.5. The third-order valence-corrected chi connectivity index (χ3v) is 6.23. The van der Waals surface area contributed by atoms with Gasteiger partial charge in [-0.3, -0.25) is 5.43 Å². The van der Waals surface area contributed by atoms with Crippen LogP contribution in [0.4, 0.5) is 11.5 Å². The number of hydrazone groups is 1. The third kappa shape index (κ3) is 5.95. The van der Waals surface area contributed by atoms with Crippen LogP contribution in [0.2, 0.25) is 0 Å². The molecule has 0 amide bonds. The first-order valence-corrected chi connectivity index (χ1v) is 12.3. The predicted octanol–water partition coefficient (Wildman–Crippen LogP) is 4.48. The Morgan fingerprint density at radius 1 is 1.05 bits per heavy atom. The largest absolute Gasteiger partial charge is 0.493 e. The topological polar surface area (TPSA) is 93.2 Å². The molecule has 1 aliphatic heterocycles. The van der Waals surface area contributed by atoms with Gasteiger partial charge in [-0.15, -0.1) is 0 Å². The van der Waals surface area contributed by atoms with Gasteiger partial charge in [-0.2, -0.15) is 10.1 Å². The molecule has 0 aliphatic carbocycles. The van der Waals surface area contributed by atoms with Crippen LogP contribution >= 0.6 is 0 Å². The molecule has 37 heavy (non-hydrogen) atoms. The highest BCUT2D eigenvalue weighted by Crippen LogP contribution is 2.28. The highest BCUT2D eigenvalue weighted by atomic mass is 16.5. The highest BCUT2D eigenvalue weighted by molar-refractivity contribution is 5.99. The van der Waals surface area contributed by atoms with E-state index < -0.39 is 0 Å². The maximum Gasteiger partial charge on any atom is 0.217 e. The Morgan fingerprint density at radius 3 is 2.73 bits per heavy atom. The van der Waals surface area contributed by atoms with Gasteiger partial charge in [-0.1, -0.05) is 24.3 Å². The smallest absolute Gasteiger partial charge is 0.217 e. The van der Waals surface area contributed by atoms with Gasteiger partial charge in [0.1, 0.15) is 5.82 Å². The van der Waals surface area contributed by atoms with Crippen LogP contribution < -0.4 is 24.5 Å². The van der Waals surface area contributed by atoms with Crippen LogP contribution in [0.15, 0.2) is 65.9 Å². The number of aromatic amines is 1. The Labute approximate surface area is 216 Å². The number of morpholine rings is 1. The molecule has 0 radical (unpaired) electrons. The fourth-order valence-electron chi connectivity index (χ4n) is 4.27. The lowest BCUT2D eigenvalue weighted by molar-refractivity contribution is 0.122. The Hall–Kier alpha value is -4.24. The molecule has 1 aliphatic rings. The van der Waals surface area contributed by atoms with Gasteiger partial charge < -0.3 is 28.8 Å². The number of aromatic nitrogens is 2. The average Bonchev–Trinajstić information content (AvgIpc) is 3.36. The molecule has 1 fully saturated rings. The van der Waals surface area contributed by atoms with E-state index in [1.165, 1.54) is 0 Å². The predicted molar refractivity (Wildman–Crippen MR) is 146 cm³/mol. The van der Waals surface area contributed by atoms with Crippen molar-refractivity contribution in [3.63, 3.8) is 0 Å². The first-order chi connectivity index (χ1) is 18.2. The van der Waals surface area contributed by atoms with E-state index in [0.29, 0.717) is 43.6 Å². The third-order valence-electron chi connectivity index (χ3n) is 6.23. The van der Waals surface area contributed by atoms with Gasteiger partial charge in [0, 0.05) is 54.3 Å². The summed E-state index contributed by atoms with van der Waals surface area (Å²) in [5.41, 5.74) is 7.12. The molecule has 0 atom stereocenters. The molecule has 2 aromatic heterocycles. The molecule has 9 nitrogen and oxygen atoms in total. The second-order valence-electron chi connectivity index (χ2n) is 8.60. The number of ether oxygens (including phenoxy) is 4. The minimum Gasteiger partial charge on any atom is -0.493 e. The van der Waals surface area contributed by atoms with E-state index in [-0.39, 0.29) is 0 Å². The van der Waals surface area contributed by atoms with Crippen LogP contribution in [0, 0.1) is 0 Å². The van der Waals surface area contributed by atoms with E-state index in [4.69, 9.17) is 23.9 Å². The highest BCUT2D eigenvalue weighted by Gasteiger charge is 2.15. The number of pyridine rings is 1. The van der Waals surface area contributed by atoms with E-state index in [0.717, 1.165) is 46.6 Å². The molecule has 0 spiro atoms. The number of para-hydroxylation sites is 1. The molecular formula is C28H31N5O4. The van der Waals surface area contributed by atoms with Gasteiger partial charge in [0.25, 0.3) is 0 Å². The molecule has 0 bridgehead atoms. The van der Waals surface area contributed by atoms with Crippen LogP contribution in [0.5, 0.6) is 17.4 Å². The number of fused-ring (bicyclic) bond motifs is 1. The number of H-pyrrole nitrogens is 1. The fourth-order valence-corrected chi connectivity index (χ4v) is 4.27. The zero-order chi connectivity index (χ0) is 25.5. The molecular weight excluding hydrogens is 470 g/mol. The molecule has 5 rings (SSSR count). The van der Waals surface area contributed by atoms with E-state index in [1.807, 2.05) is 60.9 Å². The molecule has 192 valence electrons. The van der Waals surface area contributed by atoms with Crippen molar-refractivity contribution < 1.29 is 18.9 Å². The van der Waals surface area contributed by atoms with Gasteiger partial charge >= 0.3 is 0 Å². The Bertz CT molecular complexity index is 1360. The molecule has 1 saturated heterocycles. The Kier molecular flexibility index (Phi) is 7.71. The van der Waals surface area contributed by atoms with Crippen LogP contribution in [0.25, 0.3) is 10.9 Å². The summed E-state index contributed by atoms with van der Waals surface area (Å²) in [6.07, 6.45) is 4.46. The van der Waals surface area contributed by atoms with Gasteiger partial charge in [0.2, 0.25) is 5.88 Å². The lowest BCUT2D eigenvalue weighted by atomic mass is 10.1. The standard InChI is InChI=1S/C28H31N5O4/c1-34-25-8-7-20(15-26(25)35-2)9-12-37-28-17-22(16-27(31-28)33-10-13-36-14-11-33)32-30-19-21-18-29-24-6-4-3-5-23(21)24/h3-8,15-19,29H,9-14H2,1-2H3,(H,31,32).